The van der Waals surface area contributed by atoms with E-state index in [1.54, 1.807) is 6.92 Å². The quantitative estimate of drug-likeness (QED) is 0.781. The Labute approximate surface area is 155 Å². The lowest BCUT2D eigenvalue weighted by atomic mass is 10.0. The average Bonchev–Trinajstić information content (AvgIpc) is 3.26. The van der Waals surface area contributed by atoms with Crippen molar-refractivity contribution in [1.82, 2.24) is 10.2 Å². The van der Waals surface area contributed by atoms with Crippen molar-refractivity contribution < 1.29 is 9.59 Å². The predicted molar refractivity (Wildman–Crippen MR) is 102 cm³/mol. The van der Waals surface area contributed by atoms with Crippen molar-refractivity contribution in [3.63, 3.8) is 0 Å². The topological polar surface area (TPSA) is 61.4 Å². The molecule has 2 aliphatic rings. The first kappa shape index (κ1) is 19.7. The first-order valence-corrected chi connectivity index (χ1v) is 8.98. The lowest BCUT2D eigenvalue weighted by Gasteiger charge is -2.20. The largest absolute Gasteiger partial charge is 0.336 e. The van der Waals surface area contributed by atoms with Gasteiger partial charge in [-0.15, -0.1) is 12.4 Å². The molecule has 1 saturated heterocycles. The molecule has 1 aromatic rings. The molecule has 6 heteroatoms. The van der Waals surface area contributed by atoms with Crippen LogP contribution in [0.3, 0.4) is 0 Å². The Morgan fingerprint density at radius 1 is 1.20 bits per heavy atom. The second-order valence-electron chi connectivity index (χ2n) is 7.02. The van der Waals surface area contributed by atoms with Gasteiger partial charge in [-0.2, -0.15) is 0 Å². The number of carbonyl (C=O) groups is 2. The van der Waals surface area contributed by atoms with Crippen LogP contribution in [-0.4, -0.2) is 35.8 Å². The van der Waals surface area contributed by atoms with Gasteiger partial charge in [-0.3, -0.25) is 9.59 Å². The van der Waals surface area contributed by atoms with Crippen LogP contribution in [0.25, 0.3) is 0 Å². The molecule has 2 amide bonds. The minimum atomic E-state index is 0. The molecule has 138 valence electrons. The third-order valence-corrected chi connectivity index (χ3v) is 4.92. The third-order valence-electron chi connectivity index (χ3n) is 4.92. The SMILES string of the molecule is CC(=O)N(Cc1ccc(NC(=O)CCC2CCNC2)cc1)C1CC1.Cl. The van der Waals surface area contributed by atoms with E-state index in [1.807, 2.05) is 29.2 Å². The van der Waals surface area contributed by atoms with Gasteiger partial charge in [-0.1, -0.05) is 12.1 Å². The number of hydrogen-bond acceptors (Lipinski definition) is 3. The van der Waals surface area contributed by atoms with Gasteiger partial charge in [-0.05, 0) is 62.4 Å². The second kappa shape index (κ2) is 9.20. The van der Waals surface area contributed by atoms with E-state index in [0.717, 1.165) is 43.6 Å². The zero-order chi connectivity index (χ0) is 16.9. The summed E-state index contributed by atoms with van der Waals surface area (Å²) >= 11 is 0. The predicted octanol–water partition coefficient (Wildman–Crippen LogP) is 2.95. The summed E-state index contributed by atoms with van der Waals surface area (Å²) in [5, 5.41) is 6.29. The van der Waals surface area contributed by atoms with Gasteiger partial charge in [0, 0.05) is 31.6 Å². The zero-order valence-corrected chi connectivity index (χ0v) is 15.6. The van der Waals surface area contributed by atoms with E-state index in [1.165, 1.54) is 6.42 Å². The van der Waals surface area contributed by atoms with Crippen molar-refractivity contribution in [2.24, 2.45) is 5.92 Å². The number of nitrogens with zero attached hydrogens (tertiary/aromatic N) is 1. The van der Waals surface area contributed by atoms with Crippen molar-refractivity contribution in [1.29, 1.82) is 0 Å². The molecule has 1 heterocycles. The number of amides is 2. The highest BCUT2D eigenvalue weighted by Crippen LogP contribution is 2.28. The van der Waals surface area contributed by atoms with Gasteiger partial charge in [0.1, 0.15) is 0 Å². The molecule has 25 heavy (non-hydrogen) atoms. The molecule has 2 N–H and O–H groups in total. The molecule has 1 unspecified atom stereocenters. The first-order chi connectivity index (χ1) is 11.6. The summed E-state index contributed by atoms with van der Waals surface area (Å²) in [4.78, 5) is 25.7. The maximum absolute atomic E-state index is 12.0. The molecule has 3 rings (SSSR count). The van der Waals surface area contributed by atoms with Crippen LogP contribution < -0.4 is 10.6 Å². The van der Waals surface area contributed by atoms with Crippen LogP contribution in [0.15, 0.2) is 24.3 Å². The minimum absolute atomic E-state index is 0. The zero-order valence-electron chi connectivity index (χ0n) is 14.8. The fourth-order valence-electron chi connectivity index (χ4n) is 3.29. The smallest absolute Gasteiger partial charge is 0.224 e. The Morgan fingerprint density at radius 2 is 1.92 bits per heavy atom. The van der Waals surface area contributed by atoms with Crippen LogP contribution in [0.4, 0.5) is 5.69 Å². The highest BCUT2D eigenvalue weighted by Gasteiger charge is 2.30. The molecule has 2 fully saturated rings. The maximum Gasteiger partial charge on any atom is 0.224 e. The van der Waals surface area contributed by atoms with E-state index in [4.69, 9.17) is 0 Å². The summed E-state index contributed by atoms with van der Waals surface area (Å²) in [5.74, 6) is 0.854. The summed E-state index contributed by atoms with van der Waals surface area (Å²) in [6.07, 6.45) is 4.93. The van der Waals surface area contributed by atoms with E-state index >= 15 is 0 Å². The fraction of sp³-hybridized carbons (Fsp3) is 0.579. The standard InChI is InChI=1S/C19H27N3O2.ClH/c1-14(23)22(18-7-8-18)13-16-2-5-17(6-3-16)21-19(24)9-4-15-10-11-20-12-15;/h2-3,5-6,15,18,20H,4,7-13H2,1H3,(H,21,24);1H. The first-order valence-electron chi connectivity index (χ1n) is 8.98. The van der Waals surface area contributed by atoms with E-state index in [2.05, 4.69) is 10.6 Å². The molecule has 1 aromatic carbocycles. The Hall–Kier alpha value is -1.59. The molecule has 5 nitrogen and oxygen atoms in total. The molecule has 1 saturated carbocycles. The Balaban J connectivity index is 0.00000225. The van der Waals surface area contributed by atoms with Crippen LogP contribution in [0.5, 0.6) is 0 Å². The molecular formula is C19H28ClN3O2. The van der Waals surface area contributed by atoms with Gasteiger partial charge in [-0.25, -0.2) is 0 Å². The normalized spacial score (nSPS) is 19.2. The molecule has 1 aliphatic heterocycles. The average molecular weight is 366 g/mol. The highest BCUT2D eigenvalue weighted by atomic mass is 35.5. The molecule has 1 aliphatic carbocycles. The van der Waals surface area contributed by atoms with Gasteiger partial charge < -0.3 is 15.5 Å². The van der Waals surface area contributed by atoms with Crippen LogP contribution >= 0.6 is 12.4 Å². The van der Waals surface area contributed by atoms with Crippen LogP contribution in [0, 0.1) is 5.92 Å². The minimum Gasteiger partial charge on any atom is -0.336 e. The van der Waals surface area contributed by atoms with E-state index in [9.17, 15) is 9.59 Å². The third kappa shape index (κ3) is 6.01. The monoisotopic (exact) mass is 365 g/mol. The van der Waals surface area contributed by atoms with Gasteiger partial charge in [0.25, 0.3) is 0 Å². The van der Waals surface area contributed by atoms with Crippen molar-refractivity contribution in [3.05, 3.63) is 29.8 Å². The molecule has 1 atom stereocenters. The summed E-state index contributed by atoms with van der Waals surface area (Å²) < 4.78 is 0. The number of anilines is 1. The molecule has 0 aromatic heterocycles. The van der Waals surface area contributed by atoms with Crippen LogP contribution in [0.1, 0.15) is 44.6 Å². The summed E-state index contributed by atoms with van der Waals surface area (Å²) in [7, 11) is 0. The van der Waals surface area contributed by atoms with Crippen molar-refractivity contribution >= 4 is 29.9 Å². The Bertz CT molecular complexity index is 581. The van der Waals surface area contributed by atoms with Crippen molar-refractivity contribution in [3.8, 4) is 0 Å². The fourth-order valence-corrected chi connectivity index (χ4v) is 3.29. The lowest BCUT2D eigenvalue weighted by molar-refractivity contribution is -0.130. The molecule has 0 radical (unpaired) electrons. The van der Waals surface area contributed by atoms with Crippen molar-refractivity contribution in [2.45, 2.75) is 51.6 Å². The van der Waals surface area contributed by atoms with Gasteiger partial charge >= 0.3 is 0 Å². The van der Waals surface area contributed by atoms with E-state index in [0.29, 0.717) is 24.9 Å². The maximum atomic E-state index is 12.0. The number of rotatable bonds is 7. The van der Waals surface area contributed by atoms with Gasteiger partial charge in [0.15, 0.2) is 0 Å². The van der Waals surface area contributed by atoms with Crippen LogP contribution in [-0.2, 0) is 16.1 Å². The van der Waals surface area contributed by atoms with Crippen LogP contribution in [0.2, 0.25) is 0 Å². The number of carbonyl (C=O) groups excluding carboxylic acids is 2. The number of nitrogens with one attached hydrogen (secondary N) is 2. The number of benzene rings is 1. The van der Waals surface area contributed by atoms with E-state index < -0.39 is 0 Å². The van der Waals surface area contributed by atoms with Gasteiger partial charge in [0.05, 0.1) is 0 Å². The lowest BCUT2D eigenvalue weighted by Crippen LogP contribution is -2.30. The van der Waals surface area contributed by atoms with Crippen molar-refractivity contribution in [2.75, 3.05) is 18.4 Å². The Kier molecular flexibility index (Phi) is 7.26. The summed E-state index contributed by atoms with van der Waals surface area (Å²) in [5.41, 5.74) is 1.93. The molecule has 0 bridgehead atoms. The number of halogens is 1. The van der Waals surface area contributed by atoms with E-state index in [-0.39, 0.29) is 24.2 Å². The summed E-state index contributed by atoms with van der Waals surface area (Å²) in [6, 6.07) is 8.27. The molecular weight excluding hydrogens is 338 g/mol. The highest BCUT2D eigenvalue weighted by molar-refractivity contribution is 5.90. The Morgan fingerprint density at radius 3 is 2.48 bits per heavy atom. The summed E-state index contributed by atoms with van der Waals surface area (Å²) in [6.45, 7) is 4.40. The van der Waals surface area contributed by atoms with Gasteiger partial charge in [0.2, 0.25) is 11.8 Å². The number of hydrogen-bond donors (Lipinski definition) is 2. The molecule has 0 spiro atoms. The second-order valence-corrected chi connectivity index (χ2v) is 7.02.